The number of nitrogens with one attached hydrogen (secondary N) is 1. The number of hydrogen-bond acceptors (Lipinski definition) is 6. The van der Waals surface area contributed by atoms with Crippen molar-refractivity contribution in [3.8, 4) is 16.6 Å². The van der Waals surface area contributed by atoms with E-state index < -0.39 is 5.92 Å². The Morgan fingerprint density at radius 2 is 2.05 bits per heavy atom. The molecule has 118 valence electrons. The lowest BCUT2D eigenvalue weighted by Gasteiger charge is -2.29. The first-order valence-electron chi connectivity index (χ1n) is 7.06. The highest BCUT2D eigenvalue weighted by atomic mass is 32.1. The summed E-state index contributed by atoms with van der Waals surface area (Å²) in [7, 11) is 0. The molecule has 0 unspecified atom stereocenters. The molecule has 2 aromatic heterocycles. The molecule has 0 spiro atoms. The Morgan fingerprint density at radius 3 is 2.68 bits per heavy atom. The number of rotatable bonds is 3. The van der Waals surface area contributed by atoms with E-state index in [0.29, 0.717) is 23.7 Å². The highest BCUT2D eigenvalue weighted by molar-refractivity contribution is 7.13. The van der Waals surface area contributed by atoms with Gasteiger partial charge in [-0.05, 0) is 19.8 Å². The number of halogens is 2. The number of hydrogen-bond donors (Lipinski definition) is 2. The number of thiazole rings is 1. The summed E-state index contributed by atoms with van der Waals surface area (Å²) in [6, 6.07) is -0.119. The molecule has 0 radical (unpaired) electrons. The second-order valence-electron chi connectivity index (χ2n) is 5.50. The van der Waals surface area contributed by atoms with E-state index in [1.807, 2.05) is 12.3 Å². The highest BCUT2D eigenvalue weighted by Crippen LogP contribution is 2.35. The molecule has 1 fully saturated rings. The first-order valence-corrected chi connectivity index (χ1v) is 7.94. The fourth-order valence-corrected chi connectivity index (χ4v) is 3.15. The van der Waals surface area contributed by atoms with Crippen molar-refractivity contribution >= 4 is 17.2 Å². The molecule has 8 heteroatoms. The third kappa shape index (κ3) is 3.32. The third-order valence-corrected chi connectivity index (χ3v) is 4.59. The van der Waals surface area contributed by atoms with Crippen LogP contribution in [0.25, 0.3) is 10.8 Å². The van der Waals surface area contributed by atoms with Crippen LogP contribution >= 0.6 is 11.3 Å². The molecule has 1 saturated carbocycles. The molecule has 0 aliphatic heterocycles. The number of aryl methyl sites for hydroxylation is 1. The summed E-state index contributed by atoms with van der Waals surface area (Å²) in [5, 5.41) is 15.5. The maximum atomic E-state index is 13.2. The first kappa shape index (κ1) is 15.1. The fourth-order valence-electron chi connectivity index (χ4n) is 2.42. The van der Waals surface area contributed by atoms with Crippen LogP contribution in [0.3, 0.4) is 0 Å². The van der Waals surface area contributed by atoms with Gasteiger partial charge in [0, 0.05) is 30.0 Å². The van der Waals surface area contributed by atoms with Crippen molar-refractivity contribution in [3.05, 3.63) is 17.3 Å². The fraction of sp³-hybridized carbons (Fsp3) is 0.500. The zero-order valence-corrected chi connectivity index (χ0v) is 12.8. The molecule has 2 N–H and O–H groups in total. The van der Waals surface area contributed by atoms with Gasteiger partial charge in [-0.3, -0.25) is 0 Å². The van der Waals surface area contributed by atoms with Crippen molar-refractivity contribution in [1.29, 1.82) is 0 Å². The summed E-state index contributed by atoms with van der Waals surface area (Å²) in [6.45, 7) is 1.88. The van der Waals surface area contributed by atoms with Gasteiger partial charge in [0.15, 0.2) is 22.4 Å². The summed E-state index contributed by atoms with van der Waals surface area (Å²) in [5.74, 6) is -1.97. The zero-order valence-electron chi connectivity index (χ0n) is 12.0. The smallest absolute Gasteiger partial charge is 0.248 e. The molecule has 22 heavy (non-hydrogen) atoms. The molecule has 3 rings (SSSR count). The normalized spacial score (nSPS) is 18.3. The Morgan fingerprint density at radius 1 is 1.32 bits per heavy atom. The quantitative estimate of drug-likeness (QED) is 0.902. The van der Waals surface area contributed by atoms with Crippen LogP contribution in [0.4, 0.5) is 14.6 Å². The second kappa shape index (κ2) is 5.75. The third-order valence-electron chi connectivity index (χ3n) is 3.64. The lowest BCUT2D eigenvalue weighted by atomic mass is 9.92. The molecular weight excluding hydrogens is 310 g/mol. The van der Waals surface area contributed by atoms with E-state index in [0.717, 1.165) is 5.69 Å². The van der Waals surface area contributed by atoms with Crippen LogP contribution in [0.2, 0.25) is 0 Å². The van der Waals surface area contributed by atoms with E-state index in [9.17, 15) is 13.9 Å². The predicted molar refractivity (Wildman–Crippen MR) is 80.4 cm³/mol. The van der Waals surface area contributed by atoms with Crippen molar-refractivity contribution in [3.63, 3.8) is 0 Å². The van der Waals surface area contributed by atoms with Crippen molar-refractivity contribution < 1.29 is 13.9 Å². The van der Waals surface area contributed by atoms with Gasteiger partial charge in [0.1, 0.15) is 0 Å². The Hall–Kier alpha value is -1.83. The lowest BCUT2D eigenvalue weighted by molar-refractivity contribution is -0.0361. The maximum Gasteiger partial charge on any atom is 0.248 e. The largest absolute Gasteiger partial charge is 0.503 e. The minimum atomic E-state index is -2.57. The van der Waals surface area contributed by atoms with Crippen molar-refractivity contribution in [2.24, 2.45) is 0 Å². The van der Waals surface area contributed by atoms with Crippen molar-refractivity contribution in [2.45, 2.75) is 44.6 Å². The number of aromatic hydroxyl groups is 1. The minimum absolute atomic E-state index is 0.0886. The molecule has 0 aromatic carbocycles. The van der Waals surface area contributed by atoms with E-state index in [1.165, 1.54) is 17.5 Å². The number of aromatic nitrogens is 3. The molecule has 1 aliphatic carbocycles. The Labute approximate surface area is 130 Å². The van der Waals surface area contributed by atoms with Crippen LogP contribution in [-0.4, -0.2) is 32.0 Å². The number of alkyl halides is 2. The Balaban J connectivity index is 1.76. The zero-order chi connectivity index (χ0) is 15.7. The minimum Gasteiger partial charge on any atom is -0.503 e. The molecule has 5 nitrogen and oxygen atoms in total. The van der Waals surface area contributed by atoms with E-state index in [-0.39, 0.29) is 30.5 Å². The van der Waals surface area contributed by atoms with Crippen molar-refractivity contribution in [1.82, 2.24) is 15.0 Å². The summed E-state index contributed by atoms with van der Waals surface area (Å²) >= 11 is 1.42. The molecule has 1 aliphatic rings. The van der Waals surface area contributed by atoms with E-state index in [1.54, 1.807) is 0 Å². The standard InChI is InChI=1S/C14H16F2N4OS/c1-8-7-22-13(18-8)12-17-6-10(21)11(20-12)19-9-2-4-14(15,16)5-3-9/h6-7,9,21H,2-5H2,1H3,(H,17,19,20). The maximum absolute atomic E-state index is 13.2. The summed E-state index contributed by atoms with van der Waals surface area (Å²) in [5.41, 5.74) is 0.876. The molecule has 2 heterocycles. The van der Waals surface area contributed by atoms with Crippen LogP contribution in [0.1, 0.15) is 31.4 Å². The average molecular weight is 326 g/mol. The molecular formula is C14H16F2N4OS. The summed E-state index contributed by atoms with van der Waals surface area (Å²) in [4.78, 5) is 12.6. The SMILES string of the molecule is Cc1csc(-c2ncc(O)c(NC3CCC(F)(F)CC3)n2)n1. The first-order chi connectivity index (χ1) is 10.4. The summed E-state index contributed by atoms with van der Waals surface area (Å²) in [6.07, 6.45) is 1.72. The van der Waals surface area contributed by atoms with Crippen LogP contribution in [0, 0.1) is 6.92 Å². The van der Waals surface area contributed by atoms with E-state index in [2.05, 4.69) is 20.3 Å². The van der Waals surface area contributed by atoms with Gasteiger partial charge in [-0.25, -0.2) is 23.7 Å². The topological polar surface area (TPSA) is 70.9 Å². The van der Waals surface area contributed by atoms with Crippen LogP contribution in [0.5, 0.6) is 5.75 Å². The number of nitrogens with zero attached hydrogens (tertiary/aromatic N) is 3. The van der Waals surface area contributed by atoms with Gasteiger partial charge in [-0.2, -0.15) is 0 Å². The summed E-state index contributed by atoms with van der Waals surface area (Å²) < 4.78 is 26.3. The Bertz CT molecular complexity index is 667. The number of anilines is 1. The predicted octanol–water partition coefficient (Wildman–Crippen LogP) is 3.60. The molecule has 0 bridgehead atoms. The molecule has 0 atom stereocenters. The van der Waals surface area contributed by atoms with Crippen LogP contribution in [0.15, 0.2) is 11.6 Å². The Kier molecular flexibility index (Phi) is 3.94. The van der Waals surface area contributed by atoms with Gasteiger partial charge >= 0.3 is 0 Å². The lowest BCUT2D eigenvalue weighted by Crippen LogP contribution is -2.32. The monoisotopic (exact) mass is 326 g/mol. The average Bonchev–Trinajstić information content (AvgIpc) is 2.90. The van der Waals surface area contributed by atoms with Gasteiger partial charge < -0.3 is 10.4 Å². The van der Waals surface area contributed by atoms with Crippen LogP contribution in [-0.2, 0) is 0 Å². The highest BCUT2D eigenvalue weighted by Gasteiger charge is 2.35. The van der Waals surface area contributed by atoms with Gasteiger partial charge in [0.2, 0.25) is 5.92 Å². The van der Waals surface area contributed by atoms with Gasteiger partial charge in [0.05, 0.1) is 6.20 Å². The second-order valence-corrected chi connectivity index (χ2v) is 6.35. The van der Waals surface area contributed by atoms with Gasteiger partial charge in [-0.1, -0.05) is 0 Å². The van der Waals surface area contributed by atoms with Gasteiger partial charge in [-0.15, -0.1) is 11.3 Å². The van der Waals surface area contributed by atoms with E-state index in [4.69, 9.17) is 0 Å². The van der Waals surface area contributed by atoms with E-state index >= 15 is 0 Å². The van der Waals surface area contributed by atoms with Gasteiger partial charge in [0.25, 0.3) is 0 Å². The molecule has 0 saturated heterocycles. The van der Waals surface area contributed by atoms with Crippen LogP contribution < -0.4 is 5.32 Å². The molecule has 0 amide bonds. The molecule has 2 aromatic rings. The van der Waals surface area contributed by atoms with Crippen molar-refractivity contribution in [2.75, 3.05) is 5.32 Å².